The van der Waals surface area contributed by atoms with E-state index in [1.54, 1.807) is 26.8 Å². The second-order valence-corrected chi connectivity index (χ2v) is 17.1. The summed E-state index contributed by atoms with van der Waals surface area (Å²) in [5.41, 5.74) is 0.681. The molecule has 1 heterocycles. The van der Waals surface area contributed by atoms with E-state index in [2.05, 4.69) is 10.1 Å². The Hall–Kier alpha value is -5.06. The molecule has 2 aromatic rings. The highest BCUT2D eigenvalue weighted by molar-refractivity contribution is 5.97. The van der Waals surface area contributed by atoms with Crippen molar-refractivity contribution in [3.05, 3.63) is 89.0 Å². The zero-order chi connectivity index (χ0) is 44.1. The highest BCUT2D eigenvalue weighted by Crippen LogP contribution is 2.59. The Labute approximate surface area is 352 Å². The number of benzene rings is 2. The predicted molar refractivity (Wildman–Crippen MR) is 213 cm³/mol. The van der Waals surface area contributed by atoms with Gasteiger partial charge in [-0.3, -0.25) is 14.4 Å². The summed E-state index contributed by atoms with van der Waals surface area (Å²) in [6, 6.07) is 13.2. The average Bonchev–Trinajstić information content (AvgIpc) is 4.16. The summed E-state index contributed by atoms with van der Waals surface area (Å²) in [6.07, 6.45) is 0.247. The summed E-state index contributed by atoms with van der Waals surface area (Å²) in [4.78, 5) is 68.0. The van der Waals surface area contributed by atoms with Crippen LogP contribution in [-0.4, -0.2) is 108 Å². The summed E-state index contributed by atoms with van der Waals surface area (Å²) in [7, 11) is 1.50. The molecule has 4 aliphatic rings. The number of nitrogens with one attached hydrogen (secondary N) is 1. The van der Waals surface area contributed by atoms with Gasteiger partial charge < -0.3 is 39.0 Å². The van der Waals surface area contributed by atoms with Gasteiger partial charge in [0.15, 0.2) is 12.4 Å². The highest BCUT2D eigenvalue weighted by Gasteiger charge is 2.64. The number of likely N-dealkylation sites (N-methyl/N-ethyl adjacent to an activating group) is 1. The average molecular weight is 855 g/mol. The number of fused-ring (bicyclic) bond motifs is 1. The molecule has 6 rings (SSSR count). The van der Waals surface area contributed by atoms with E-state index < -0.39 is 90.9 Å². The van der Waals surface area contributed by atoms with Crippen LogP contribution in [-0.2, 0) is 49.3 Å². The number of hydrogen-bond donors (Lipinski definition) is 2. The van der Waals surface area contributed by atoms with Gasteiger partial charge in [-0.05, 0) is 88.3 Å². The van der Waals surface area contributed by atoms with Gasteiger partial charge in [-0.15, -0.1) is 0 Å². The van der Waals surface area contributed by atoms with Crippen molar-refractivity contribution in [2.45, 2.75) is 120 Å². The molecule has 0 bridgehead atoms. The summed E-state index contributed by atoms with van der Waals surface area (Å²) in [5, 5.41) is 13.0. The van der Waals surface area contributed by atoms with Crippen molar-refractivity contribution in [2.24, 2.45) is 11.8 Å². The SMILES string of the molecule is CN(C(=O)C1=CC2OC(C3CC3)(C3CC3)OC2C(OC(=O)c2cccc(C=CC(=O)OCC(F)(F)F)c2)C1)C(Cc1ccccc1)C(=O)NC(CO)CCC(=O)OC(C)(C)C. The van der Waals surface area contributed by atoms with Crippen molar-refractivity contribution in [1.29, 1.82) is 0 Å². The number of carbonyl (C=O) groups excluding carboxylic acids is 5. The first-order chi connectivity index (χ1) is 28.8. The molecule has 16 heteroatoms. The fourth-order valence-corrected chi connectivity index (χ4v) is 7.70. The normalized spacial score (nSPS) is 22.0. The molecule has 330 valence electrons. The maximum absolute atomic E-state index is 14.6. The quantitative estimate of drug-likeness (QED) is 0.115. The van der Waals surface area contributed by atoms with E-state index >= 15 is 0 Å². The minimum atomic E-state index is -4.68. The van der Waals surface area contributed by atoms with Gasteiger partial charge in [0.25, 0.3) is 0 Å². The second kappa shape index (κ2) is 18.9. The molecule has 2 saturated carbocycles. The van der Waals surface area contributed by atoms with Crippen LogP contribution in [0.3, 0.4) is 0 Å². The lowest BCUT2D eigenvalue weighted by Gasteiger charge is -2.34. The molecule has 2 amide bonds. The predicted octanol–water partition coefficient (Wildman–Crippen LogP) is 5.63. The number of rotatable bonds is 17. The zero-order valence-electron chi connectivity index (χ0n) is 34.7. The summed E-state index contributed by atoms with van der Waals surface area (Å²) in [6.45, 7) is 3.03. The van der Waals surface area contributed by atoms with Crippen molar-refractivity contribution in [2.75, 3.05) is 20.3 Å². The van der Waals surface area contributed by atoms with E-state index in [0.717, 1.165) is 37.3 Å². The van der Waals surface area contributed by atoms with Gasteiger partial charge in [0, 0.05) is 49.8 Å². The number of halogens is 3. The fraction of sp³-hybridized carbons (Fsp3) is 0.533. The molecular weight excluding hydrogens is 801 g/mol. The Morgan fingerprint density at radius 1 is 0.984 bits per heavy atom. The largest absolute Gasteiger partial charge is 0.460 e. The van der Waals surface area contributed by atoms with Crippen LogP contribution in [0.5, 0.6) is 0 Å². The fourth-order valence-electron chi connectivity index (χ4n) is 7.70. The van der Waals surface area contributed by atoms with Crippen molar-refractivity contribution in [3.63, 3.8) is 0 Å². The van der Waals surface area contributed by atoms with Crippen molar-refractivity contribution in [3.8, 4) is 0 Å². The summed E-state index contributed by atoms with van der Waals surface area (Å²) in [5.74, 6) is -4.13. The molecule has 3 aliphatic carbocycles. The third-order valence-electron chi connectivity index (χ3n) is 10.9. The number of aliphatic hydroxyl groups excluding tert-OH is 1. The molecule has 3 fully saturated rings. The van der Waals surface area contributed by atoms with E-state index in [4.69, 9.17) is 18.9 Å². The minimum Gasteiger partial charge on any atom is -0.460 e. The molecule has 13 nitrogen and oxygen atoms in total. The molecule has 2 N–H and O–H groups in total. The molecule has 0 spiro atoms. The van der Waals surface area contributed by atoms with Crippen LogP contribution in [0.15, 0.2) is 72.3 Å². The lowest BCUT2D eigenvalue weighted by molar-refractivity contribution is -0.209. The van der Waals surface area contributed by atoms with E-state index in [-0.39, 0.29) is 48.7 Å². The standard InChI is InChI=1S/C45H53F3N2O11/c1-43(2,3)60-38(53)20-18-33(25-51)49-40(54)34(22-27-9-6-5-7-10-27)50(4)41(55)30-23-35(39-36(24-30)59-45(61-39,31-14-15-31)32-16-17-32)58-42(56)29-12-8-11-28(21-29)13-19-37(52)57-26-44(46,47)48/h5-13,19,21,24,31-36,39,51H,14-18,20,22-23,25-26H2,1-4H3,(H,49,54). The van der Waals surface area contributed by atoms with Gasteiger partial charge in [-0.25, -0.2) is 9.59 Å². The molecule has 5 atom stereocenters. The van der Waals surface area contributed by atoms with Gasteiger partial charge in [0.2, 0.25) is 11.8 Å². The monoisotopic (exact) mass is 854 g/mol. The van der Waals surface area contributed by atoms with Gasteiger partial charge in [0.05, 0.1) is 18.2 Å². The molecule has 61 heavy (non-hydrogen) atoms. The third kappa shape index (κ3) is 12.3. The Morgan fingerprint density at radius 3 is 2.30 bits per heavy atom. The first-order valence-electron chi connectivity index (χ1n) is 20.6. The Balaban J connectivity index is 1.21. The first kappa shape index (κ1) is 45.5. The molecule has 0 aromatic heterocycles. The Morgan fingerprint density at radius 2 is 1.67 bits per heavy atom. The maximum atomic E-state index is 14.6. The van der Waals surface area contributed by atoms with Crippen LogP contribution in [0.2, 0.25) is 0 Å². The topological polar surface area (TPSA) is 167 Å². The van der Waals surface area contributed by atoms with E-state index in [9.17, 15) is 42.3 Å². The van der Waals surface area contributed by atoms with Gasteiger partial charge in [0.1, 0.15) is 30.0 Å². The first-order valence-corrected chi connectivity index (χ1v) is 20.6. The van der Waals surface area contributed by atoms with E-state index in [0.29, 0.717) is 5.56 Å². The number of hydrogen-bond acceptors (Lipinski definition) is 11. The number of ether oxygens (including phenoxy) is 5. The molecule has 1 saturated heterocycles. The van der Waals surface area contributed by atoms with Crippen molar-refractivity contribution in [1.82, 2.24) is 10.2 Å². The van der Waals surface area contributed by atoms with Crippen LogP contribution in [0.25, 0.3) is 6.08 Å². The second-order valence-electron chi connectivity index (χ2n) is 17.1. The summed E-state index contributed by atoms with van der Waals surface area (Å²) < 4.78 is 66.6. The molecule has 2 aromatic carbocycles. The van der Waals surface area contributed by atoms with E-state index in [1.807, 2.05) is 30.3 Å². The number of esters is 3. The number of aliphatic hydroxyl groups is 1. The molecular formula is C45H53F3N2O11. The van der Waals surface area contributed by atoms with Crippen molar-refractivity contribution < 1.29 is 65.9 Å². The molecule has 0 radical (unpaired) electrons. The maximum Gasteiger partial charge on any atom is 0.422 e. The number of alkyl halides is 3. The van der Waals surface area contributed by atoms with Crippen LogP contribution in [0.4, 0.5) is 13.2 Å². The van der Waals surface area contributed by atoms with Gasteiger partial charge in [-0.1, -0.05) is 42.5 Å². The number of nitrogens with zero attached hydrogens (tertiary/aromatic N) is 1. The van der Waals surface area contributed by atoms with Gasteiger partial charge in [-0.2, -0.15) is 13.2 Å². The molecule has 1 aliphatic heterocycles. The van der Waals surface area contributed by atoms with Crippen LogP contribution in [0.1, 0.15) is 87.2 Å². The third-order valence-corrected chi connectivity index (χ3v) is 10.9. The minimum absolute atomic E-state index is 0.0529. The van der Waals surface area contributed by atoms with E-state index in [1.165, 1.54) is 42.3 Å². The number of carbonyl (C=O) groups is 5. The lowest BCUT2D eigenvalue weighted by atomic mass is 9.90. The zero-order valence-corrected chi connectivity index (χ0v) is 34.7. The van der Waals surface area contributed by atoms with Gasteiger partial charge >= 0.3 is 24.1 Å². The molecule has 5 unspecified atom stereocenters. The van der Waals surface area contributed by atoms with Crippen LogP contribution < -0.4 is 5.32 Å². The summed E-state index contributed by atoms with van der Waals surface area (Å²) >= 11 is 0. The smallest absolute Gasteiger partial charge is 0.422 e. The van der Waals surface area contributed by atoms with Crippen molar-refractivity contribution >= 4 is 35.8 Å². The Kier molecular flexibility index (Phi) is 14.1. The lowest BCUT2D eigenvalue weighted by Crippen LogP contribution is -2.53. The van der Waals surface area contributed by atoms with Crippen LogP contribution in [0, 0.1) is 11.8 Å². The number of amides is 2. The Bertz CT molecular complexity index is 1980. The van der Waals surface area contributed by atoms with Crippen LogP contribution >= 0.6 is 0 Å². The highest BCUT2D eigenvalue weighted by atomic mass is 19.4.